The van der Waals surface area contributed by atoms with Gasteiger partial charge in [-0.3, -0.25) is 4.98 Å². The lowest BCUT2D eigenvalue weighted by Crippen LogP contribution is -1.96. The van der Waals surface area contributed by atoms with Crippen LogP contribution in [0.5, 0.6) is 5.75 Å². The molecule has 2 heteroatoms. The average Bonchev–Trinajstić information content (AvgIpc) is 2.37. The van der Waals surface area contributed by atoms with Crippen molar-refractivity contribution in [2.75, 3.05) is 0 Å². The van der Waals surface area contributed by atoms with Crippen molar-refractivity contribution >= 4 is 0 Å². The highest BCUT2D eigenvalue weighted by molar-refractivity contribution is 5.27. The predicted molar refractivity (Wildman–Crippen MR) is 69.1 cm³/mol. The molecule has 0 amide bonds. The Labute approximate surface area is 102 Å². The van der Waals surface area contributed by atoms with Gasteiger partial charge in [-0.15, -0.1) is 0 Å². The summed E-state index contributed by atoms with van der Waals surface area (Å²) < 4.78 is 5.71. The van der Waals surface area contributed by atoms with Crippen molar-refractivity contribution in [1.29, 1.82) is 0 Å². The SMILES string of the molecule is CCc1ccc(OCc2cncc(C)c2)cc1. The lowest BCUT2D eigenvalue weighted by Gasteiger charge is -2.07. The fourth-order valence-electron chi connectivity index (χ4n) is 1.68. The second-order valence-electron chi connectivity index (χ2n) is 4.16. The monoisotopic (exact) mass is 227 g/mol. The first-order valence-electron chi connectivity index (χ1n) is 5.90. The van der Waals surface area contributed by atoms with Gasteiger partial charge in [0, 0.05) is 18.0 Å². The molecule has 2 rings (SSSR count). The van der Waals surface area contributed by atoms with E-state index in [4.69, 9.17) is 4.74 Å². The molecule has 0 saturated heterocycles. The zero-order valence-corrected chi connectivity index (χ0v) is 10.3. The second-order valence-corrected chi connectivity index (χ2v) is 4.16. The van der Waals surface area contributed by atoms with Crippen molar-refractivity contribution in [3.63, 3.8) is 0 Å². The summed E-state index contributed by atoms with van der Waals surface area (Å²) in [4.78, 5) is 4.14. The van der Waals surface area contributed by atoms with Crippen LogP contribution in [0, 0.1) is 6.92 Å². The summed E-state index contributed by atoms with van der Waals surface area (Å²) in [5.41, 5.74) is 3.59. The maximum absolute atomic E-state index is 5.71. The minimum Gasteiger partial charge on any atom is -0.489 e. The summed E-state index contributed by atoms with van der Waals surface area (Å²) in [6, 6.07) is 10.3. The Kier molecular flexibility index (Phi) is 3.76. The first-order chi connectivity index (χ1) is 8.28. The van der Waals surface area contributed by atoms with Crippen LogP contribution in [0.2, 0.25) is 0 Å². The third-order valence-corrected chi connectivity index (χ3v) is 2.67. The Hall–Kier alpha value is -1.83. The number of benzene rings is 1. The fourth-order valence-corrected chi connectivity index (χ4v) is 1.68. The Morgan fingerprint density at radius 3 is 2.47 bits per heavy atom. The van der Waals surface area contributed by atoms with Crippen LogP contribution in [-0.4, -0.2) is 4.98 Å². The Balaban J connectivity index is 1.97. The quantitative estimate of drug-likeness (QED) is 0.797. The van der Waals surface area contributed by atoms with E-state index in [2.05, 4.69) is 30.1 Å². The molecule has 0 saturated carbocycles. The number of hydrogen-bond acceptors (Lipinski definition) is 2. The first kappa shape index (κ1) is 11.6. The van der Waals surface area contributed by atoms with Crippen LogP contribution in [0.25, 0.3) is 0 Å². The minimum atomic E-state index is 0.570. The van der Waals surface area contributed by atoms with E-state index in [0.717, 1.165) is 23.3 Å². The molecule has 17 heavy (non-hydrogen) atoms. The first-order valence-corrected chi connectivity index (χ1v) is 5.90. The summed E-state index contributed by atoms with van der Waals surface area (Å²) in [5.74, 6) is 0.906. The molecule has 0 spiro atoms. The van der Waals surface area contributed by atoms with Crippen LogP contribution < -0.4 is 4.74 Å². The van der Waals surface area contributed by atoms with Gasteiger partial charge in [0.2, 0.25) is 0 Å². The van der Waals surface area contributed by atoms with Crippen molar-refractivity contribution in [2.45, 2.75) is 26.9 Å². The Morgan fingerprint density at radius 2 is 1.82 bits per heavy atom. The Bertz CT molecular complexity index is 477. The van der Waals surface area contributed by atoms with Gasteiger partial charge in [-0.05, 0) is 42.7 Å². The molecule has 0 bridgehead atoms. The van der Waals surface area contributed by atoms with Crippen molar-refractivity contribution in [3.05, 3.63) is 59.4 Å². The van der Waals surface area contributed by atoms with Crippen molar-refractivity contribution in [3.8, 4) is 5.75 Å². The molecule has 1 aromatic heterocycles. The zero-order valence-electron chi connectivity index (χ0n) is 10.3. The van der Waals surface area contributed by atoms with E-state index in [0.29, 0.717) is 6.61 Å². The van der Waals surface area contributed by atoms with E-state index in [1.54, 1.807) is 0 Å². The highest BCUT2D eigenvalue weighted by Gasteiger charge is 1.97. The van der Waals surface area contributed by atoms with E-state index in [-0.39, 0.29) is 0 Å². The molecule has 0 atom stereocenters. The lowest BCUT2D eigenvalue weighted by molar-refractivity contribution is 0.305. The Morgan fingerprint density at radius 1 is 1.06 bits per heavy atom. The van der Waals surface area contributed by atoms with E-state index in [1.165, 1.54) is 5.56 Å². The number of ether oxygens (including phenoxy) is 1. The maximum Gasteiger partial charge on any atom is 0.119 e. The van der Waals surface area contributed by atoms with Crippen molar-refractivity contribution in [1.82, 2.24) is 4.98 Å². The predicted octanol–water partition coefficient (Wildman–Crippen LogP) is 3.53. The summed E-state index contributed by atoms with van der Waals surface area (Å²) in [5, 5.41) is 0. The van der Waals surface area contributed by atoms with Crippen molar-refractivity contribution in [2.24, 2.45) is 0 Å². The molecule has 0 radical (unpaired) electrons. The molecule has 0 aliphatic carbocycles. The molecular weight excluding hydrogens is 210 g/mol. The molecule has 2 aromatic rings. The average molecular weight is 227 g/mol. The molecular formula is C15H17NO. The van der Waals surface area contributed by atoms with Gasteiger partial charge in [0.05, 0.1) is 0 Å². The van der Waals surface area contributed by atoms with Crippen LogP contribution in [0.15, 0.2) is 42.7 Å². The zero-order chi connectivity index (χ0) is 12.1. The van der Waals surface area contributed by atoms with Gasteiger partial charge in [-0.1, -0.05) is 19.1 Å². The van der Waals surface area contributed by atoms with Crippen LogP contribution in [-0.2, 0) is 13.0 Å². The lowest BCUT2D eigenvalue weighted by atomic mass is 10.2. The van der Waals surface area contributed by atoms with E-state index >= 15 is 0 Å². The summed E-state index contributed by atoms with van der Waals surface area (Å²) in [7, 11) is 0. The summed E-state index contributed by atoms with van der Waals surface area (Å²) in [6.07, 6.45) is 4.75. The number of nitrogens with zero attached hydrogens (tertiary/aromatic N) is 1. The van der Waals surface area contributed by atoms with Gasteiger partial charge < -0.3 is 4.74 Å². The standard InChI is InChI=1S/C15H17NO/c1-3-13-4-6-15(7-5-13)17-11-14-8-12(2)9-16-10-14/h4-10H,3,11H2,1-2H3. The highest BCUT2D eigenvalue weighted by atomic mass is 16.5. The fraction of sp³-hybridized carbons (Fsp3) is 0.267. The van der Waals surface area contributed by atoms with Gasteiger partial charge >= 0.3 is 0 Å². The molecule has 0 unspecified atom stereocenters. The minimum absolute atomic E-state index is 0.570. The van der Waals surface area contributed by atoms with Crippen LogP contribution >= 0.6 is 0 Å². The summed E-state index contributed by atoms with van der Waals surface area (Å²) >= 11 is 0. The van der Waals surface area contributed by atoms with E-state index < -0.39 is 0 Å². The summed E-state index contributed by atoms with van der Waals surface area (Å²) in [6.45, 7) is 4.75. The van der Waals surface area contributed by atoms with Crippen molar-refractivity contribution < 1.29 is 4.74 Å². The maximum atomic E-state index is 5.71. The number of pyridine rings is 1. The second kappa shape index (κ2) is 5.48. The number of rotatable bonds is 4. The van der Waals surface area contributed by atoms with Gasteiger partial charge in [0.1, 0.15) is 12.4 Å². The molecule has 0 N–H and O–H groups in total. The molecule has 2 nitrogen and oxygen atoms in total. The smallest absolute Gasteiger partial charge is 0.119 e. The molecule has 0 aliphatic heterocycles. The molecule has 88 valence electrons. The van der Waals surface area contributed by atoms with Gasteiger partial charge in [-0.2, -0.15) is 0 Å². The molecule has 0 fully saturated rings. The number of aryl methyl sites for hydroxylation is 2. The van der Waals surface area contributed by atoms with E-state index in [1.807, 2.05) is 31.5 Å². The van der Waals surface area contributed by atoms with Gasteiger partial charge in [-0.25, -0.2) is 0 Å². The van der Waals surface area contributed by atoms with Crippen LogP contribution in [0.1, 0.15) is 23.6 Å². The van der Waals surface area contributed by atoms with Crippen LogP contribution in [0.3, 0.4) is 0 Å². The molecule has 1 heterocycles. The largest absolute Gasteiger partial charge is 0.489 e. The van der Waals surface area contributed by atoms with Gasteiger partial charge in [0.15, 0.2) is 0 Å². The van der Waals surface area contributed by atoms with E-state index in [9.17, 15) is 0 Å². The highest BCUT2D eigenvalue weighted by Crippen LogP contribution is 2.14. The van der Waals surface area contributed by atoms with Gasteiger partial charge in [0.25, 0.3) is 0 Å². The third kappa shape index (κ3) is 3.31. The number of aromatic nitrogens is 1. The number of hydrogen-bond donors (Lipinski definition) is 0. The topological polar surface area (TPSA) is 22.1 Å². The molecule has 0 aliphatic rings. The normalized spacial score (nSPS) is 10.2. The third-order valence-electron chi connectivity index (χ3n) is 2.67. The molecule has 1 aromatic carbocycles. The van der Waals surface area contributed by atoms with Crippen LogP contribution in [0.4, 0.5) is 0 Å².